The van der Waals surface area contributed by atoms with Gasteiger partial charge in [0, 0.05) is 34.1 Å². The number of hydrogen-bond donors (Lipinski definition) is 0. The summed E-state index contributed by atoms with van der Waals surface area (Å²) in [6, 6.07) is 0. The molecular formula is C18H24Fe2O2Se2. The predicted molar refractivity (Wildman–Crippen MR) is 92.6 cm³/mol. The SMILES string of the molecule is CCC[Se].CCC[Se].[C-]#[O+].[C-]#[O+].[CH]1[CH][CH][CH][CH]1.[CH]1[CH][CH][CH][CH]1.[Fe].[Fe]. The average Bonchev–Trinajstić information content (AvgIpc) is 3.36. The molecule has 24 heavy (non-hydrogen) atoms. The summed E-state index contributed by atoms with van der Waals surface area (Å²) in [5.74, 6) is 0. The zero-order valence-corrected chi connectivity index (χ0v) is 19.6. The van der Waals surface area contributed by atoms with Crippen LogP contribution in [0.3, 0.4) is 0 Å². The van der Waals surface area contributed by atoms with Crippen LogP contribution in [0.4, 0.5) is 0 Å². The zero-order valence-electron chi connectivity index (χ0n) is 13.9. The first-order chi connectivity index (χ1) is 10.8. The third-order valence-corrected chi connectivity index (χ3v) is 3.23. The van der Waals surface area contributed by atoms with Crippen molar-refractivity contribution >= 4 is 32.0 Å². The largest absolute Gasteiger partial charge is 0.0312 e. The van der Waals surface area contributed by atoms with Crippen LogP contribution >= 0.6 is 0 Å². The second-order valence-corrected chi connectivity index (χ2v) is 5.05. The molecule has 0 aromatic rings. The normalized spacial score (nSPS) is 12.7. The molecule has 12 radical (unpaired) electrons. The van der Waals surface area contributed by atoms with E-state index in [2.05, 4.69) is 59.2 Å². The Balaban J connectivity index is -0.0000000413. The molecule has 0 unspecified atom stereocenters. The molecule has 2 nitrogen and oxygen atoms in total. The second-order valence-electron chi connectivity index (χ2n) is 3.33. The Bertz CT molecular complexity index is 145. The van der Waals surface area contributed by atoms with Crippen LogP contribution in [0.2, 0.25) is 10.6 Å². The van der Waals surface area contributed by atoms with Crippen LogP contribution in [0.15, 0.2) is 0 Å². The van der Waals surface area contributed by atoms with Crippen LogP contribution < -0.4 is 0 Å². The summed E-state index contributed by atoms with van der Waals surface area (Å²) in [6.45, 7) is 13.3. The van der Waals surface area contributed by atoms with Gasteiger partial charge in [0.2, 0.25) is 0 Å². The molecular weight excluding hydrogens is 518 g/mol. The summed E-state index contributed by atoms with van der Waals surface area (Å²) in [6.07, 6.45) is 22.5. The summed E-state index contributed by atoms with van der Waals surface area (Å²) in [5, 5.41) is 2.39. The Kier molecular flexibility index (Phi) is 94.5. The van der Waals surface area contributed by atoms with E-state index < -0.39 is 0 Å². The molecule has 0 spiro atoms. The standard InChI is InChI=1S/2C5H5.2C3H7Se.2CO.2Fe/c2*1-2-4-5-3-1;2*1-2-3-4;2*1-2;;/h2*1-5H;2*2-3H2,1H3;;;;. The van der Waals surface area contributed by atoms with Crippen LogP contribution in [-0.4, -0.2) is 32.0 Å². The Morgan fingerprint density at radius 1 is 0.542 bits per heavy atom. The van der Waals surface area contributed by atoms with E-state index >= 15 is 0 Å². The summed E-state index contributed by atoms with van der Waals surface area (Å²) in [4.78, 5) is 0. The van der Waals surface area contributed by atoms with Crippen molar-refractivity contribution in [2.75, 3.05) is 0 Å². The molecule has 6 heteroatoms. The molecule has 0 aromatic heterocycles. The number of hydrogen-bond acceptors (Lipinski definition) is 0. The minimum Gasteiger partial charge on any atom is -0.0312 e. The van der Waals surface area contributed by atoms with E-state index in [0.29, 0.717) is 0 Å². The molecule has 0 aromatic carbocycles. The van der Waals surface area contributed by atoms with Crippen LogP contribution in [0.1, 0.15) is 26.7 Å². The second kappa shape index (κ2) is 56.3. The van der Waals surface area contributed by atoms with Gasteiger partial charge in [-0.2, -0.15) is 0 Å². The molecule has 136 valence electrons. The zero-order chi connectivity index (χ0) is 17.9. The first-order valence-corrected chi connectivity index (χ1v) is 9.16. The maximum atomic E-state index is 7.50. The monoisotopic (exact) mass is 544 g/mol. The van der Waals surface area contributed by atoms with Gasteiger partial charge < -0.3 is 0 Å². The first-order valence-electron chi connectivity index (χ1n) is 6.73. The maximum absolute atomic E-state index is 7.50. The van der Waals surface area contributed by atoms with Gasteiger partial charge in [0.1, 0.15) is 0 Å². The Labute approximate surface area is 189 Å². The predicted octanol–water partition coefficient (Wildman–Crippen LogP) is 3.93. The first kappa shape index (κ1) is 40.3. The van der Waals surface area contributed by atoms with E-state index in [-0.39, 0.29) is 34.1 Å². The Morgan fingerprint density at radius 3 is 0.667 bits per heavy atom. The third kappa shape index (κ3) is 65.2. The van der Waals surface area contributed by atoms with Gasteiger partial charge in [0.15, 0.2) is 0 Å². The molecule has 0 aliphatic heterocycles. The smallest absolute Gasteiger partial charge is 0 e. The molecule has 0 saturated heterocycles. The fourth-order valence-electron chi connectivity index (χ4n) is 0.642. The van der Waals surface area contributed by atoms with Gasteiger partial charge in [-0.15, -0.1) is 0 Å². The molecule has 0 heterocycles. The minimum atomic E-state index is 0. The molecule has 0 amide bonds. The van der Waals surface area contributed by atoms with Crippen LogP contribution in [0, 0.1) is 77.5 Å². The van der Waals surface area contributed by atoms with E-state index in [1.165, 1.54) is 23.5 Å². The van der Waals surface area contributed by atoms with Gasteiger partial charge in [0.05, 0.1) is 0 Å². The van der Waals surface area contributed by atoms with Gasteiger partial charge in [-0.3, -0.25) is 0 Å². The van der Waals surface area contributed by atoms with E-state index in [1.807, 2.05) is 64.2 Å². The summed E-state index contributed by atoms with van der Waals surface area (Å²) in [5.41, 5.74) is 0. The molecule has 2 aliphatic carbocycles. The maximum Gasteiger partial charge on any atom is 0 e. The van der Waals surface area contributed by atoms with Crippen LogP contribution in [0.5, 0.6) is 0 Å². The van der Waals surface area contributed by atoms with Crippen molar-refractivity contribution in [2.45, 2.75) is 37.3 Å². The van der Waals surface area contributed by atoms with Crippen molar-refractivity contribution in [3.05, 3.63) is 77.5 Å². The quantitative estimate of drug-likeness (QED) is 0.289. The third-order valence-electron chi connectivity index (χ3n) is 1.52. The van der Waals surface area contributed by atoms with Gasteiger partial charge in [0.25, 0.3) is 0 Å². The minimum absolute atomic E-state index is 0. The van der Waals surface area contributed by atoms with Crippen molar-refractivity contribution in [3.8, 4) is 0 Å². The molecule has 2 fully saturated rings. The number of rotatable bonds is 2. The van der Waals surface area contributed by atoms with Crippen molar-refractivity contribution in [3.63, 3.8) is 0 Å². The van der Waals surface area contributed by atoms with Gasteiger partial charge >= 0.3 is 92.0 Å². The van der Waals surface area contributed by atoms with Crippen molar-refractivity contribution in [1.29, 1.82) is 0 Å². The van der Waals surface area contributed by atoms with E-state index in [4.69, 9.17) is 9.30 Å². The molecule has 2 aliphatic rings. The van der Waals surface area contributed by atoms with Gasteiger partial charge in [-0.05, 0) is 64.2 Å². The molecule has 2 saturated carbocycles. The van der Waals surface area contributed by atoms with Crippen molar-refractivity contribution in [2.24, 2.45) is 0 Å². The van der Waals surface area contributed by atoms with Gasteiger partial charge in [-0.1, -0.05) is 0 Å². The molecule has 0 N–H and O–H groups in total. The molecule has 2 rings (SSSR count). The van der Waals surface area contributed by atoms with Crippen LogP contribution in [0.25, 0.3) is 0 Å². The Morgan fingerprint density at radius 2 is 0.625 bits per heavy atom. The Hall–Kier alpha value is 1.56. The summed E-state index contributed by atoms with van der Waals surface area (Å²) < 4.78 is 15.0. The summed E-state index contributed by atoms with van der Waals surface area (Å²) >= 11 is 5.78. The van der Waals surface area contributed by atoms with E-state index in [9.17, 15) is 0 Å². The van der Waals surface area contributed by atoms with Crippen molar-refractivity contribution in [1.82, 2.24) is 0 Å². The van der Waals surface area contributed by atoms with Crippen LogP contribution in [-0.2, 0) is 43.4 Å². The summed E-state index contributed by atoms with van der Waals surface area (Å²) in [7, 11) is 0. The topological polar surface area (TPSA) is 39.8 Å². The van der Waals surface area contributed by atoms with E-state index in [0.717, 1.165) is 0 Å². The molecule has 0 atom stereocenters. The van der Waals surface area contributed by atoms with E-state index in [1.54, 1.807) is 0 Å². The fraction of sp³-hybridized carbons (Fsp3) is 0.333. The van der Waals surface area contributed by atoms with Crippen molar-refractivity contribution < 1.29 is 43.4 Å². The van der Waals surface area contributed by atoms with Gasteiger partial charge in [-0.25, -0.2) is 0 Å². The average molecular weight is 542 g/mol. The fourth-order valence-corrected chi connectivity index (χ4v) is 0.642. The molecule has 0 bridgehead atoms.